The van der Waals surface area contributed by atoms with E-state index in [2.05, 4.69) is 0 Å². The zero-order valence-corrected chi connectivity index (χ0v) is 9.63. The zero-order valence-electron chi connectivity index (χ0n) is 9.63. The van der Waals surface area contributed by atoms with Gasteiger partial charge in [0.2, 0.25) is 0 Å². The summed E-state index contributed by atoms with van der Waals surface area (Å²) in [6, 6.07) is 1.95. The molecular formula is C11H13F3O3. The lowest BCUT2D eigenvalue weighted by Crippen LogP contribution is -2.12. The molecule has 17 heavy (non-hydrogen) atoms. The Labute approximate surface area is 96.8 Å². The molecule has 0 aromatic heterocycles. The predicted molar refractivity (Wildman–Crippen MR) is 55.2 cm³/mol. The summed E-state index contributed by atoms with van der Waals surface area (Å²) in [7, 11) is 2.57. The minimum Gasteiger partial charge on any atom is -0.493 e. The van der Waals surface area contributed by atoms with Crippen molar-refractivity contribution in [3.8, 4) is 11.5 Å². The summed E-state index contributed by atoms with van der Waals surface area (Å²) in [6.45, 7) is 1.26. The number of aliphatic hydroxyl groups excluding tert-OH is 1. The molecule has 0 spiro atoms. The maximum atomic E-state index is 12.8. The summed E-state index contributed by atoms with van der Waals surface area (Å²) < 4.78 is 48.0. The van der Waals surface area contributed by atoms with Crippen LogP contribution in [0.25, 0.3) is 0 Å². The van der Waals surface area contributed by atoms with Gasteiger partial charge in [0.25, 0.3) is 0 Å². The van der Waals surface area contributed by atoms with Gasteiger partial charge in [0.05, 0.1) is 25.9 Å². The average molecular weight is 250 g/mol. The quantitative estimate of drug-likeness (QED) is 0.896. The fourth-order valence-electron chi connectivity index (χ4n) is 1.49. The largest absolute Gasteiger partial charge is 0.493 e. The van der Waals surface area contributed by atoms with Gasteiger partial charge in [-0.25, -0.2) is 0 Å². The van der Waals surface area contributed by atoms with E-state index in [0.717, 1.165) is 12.1 Å². The number of rotatable bonds is 3. The Morgan fingerprint density at radius 1 is 1.12 bits per heavy atom. The molecule has 0 saturated carbocycles. The monoisotopic (exact) mass is 250 g/mol. The van der Waals surface area contributed by atoms with Crippen LogP contribution in [0.15, 0.2) is 12.1 Å². The summed E-state index contributed by atoms with van der Waals surface area (Å²) >= 11 is 0. The fraction of sp³-hybridized carbons (Fsp3) is 0.455. The van der Waals surface area contributed by atoms with E-state index < -0.39 is 17.8 Å². The standard InChI is InChI=1S/C11H13F3O3/c1-6(15)7-4-9(16-2)10(17-3)5-8(7)11(12,13)14/h4-6,15H,1-3H3. The van der Waals surface area contributed by atoms with Crippen LogP contribution in [0.1, 0.15) is 24.2 Å². The number of alkyl halides is 3. The second-order valence-electron chi connectivity index (χ2n) is 3.47. The van der Waals surface area contributed by atoms with Crippen LogP contribution >= 0.6 is 0 Å². The van der Waals surface area contributed by atoms with Gasteiger partial charge in [0.1, 0.15) is 0 Å². The van der Waals surface area contributed by atoms with E-state index >= 15 is 0 Å². The molecule has 1 aromatic carbocycles. The van der Waals surface area contributed by atoms with E-state index in [1.807, 2.05) is 0 Å². The highest BCUT2D eigenvalue weighted by molar-refractivity contribution is 5.49. The van der Waals surface area contributed by atoms with Crippen molar-refractivity contribution in [2.75, 3.05) is 14.2 Å². The Morgan fingerprint density at radius 2 is 1.59 bits per heavy atom. The summed E-state index contributed by atoms with van der Waals surface area (Å²) in [6.07, 6.45) is -5.79. The van der Waals surface area contributed by atoms with Crippen molar-refractivity contribution >= 4 is 0 Å². The first kappa shape index (κ1) is 13.6. The molecule has 0 aliphatic carbocycles. The van der Waals surface area contributed by atoms with Crippen molar-refractivity contribution in [3.05, 3.63) is 23.3 Å². The van der Waals surface area contributed by atoms with Crippen LogP contribution in [0.4, 0.5) is 13.2 Å². The molecule has 96 valence electrons. The van der Waals surface area contributed by atoms with Gasteiger partial charge in [-0.3, -0.25) is 0 Å². The molecule has 0 heterocycles. The van der Waals surface area contributed by atoms with E-state index in [1.54, 1.807) is 0 Å². The smallest absolute Gasteiger partial charge is 0.416 e. The first-order valence-electron chi connectivity index (χ1n) is 4.82. The molecule has 0 bridgehead atoms. The number of methoxy groups -OCH3 is 2. The molecule has 0 aliphatic heterocycles. The van der Waals surface area contributed by atoms with Crippen LogP contribution in [0, 0.1) is 0 Å². The lowest BCUT2D eigenvalue weighted by Gasteiger charge is -2.18. The molecule has 0 amide bonds. The maximum absolute atomic E-state index is 12.8. The summed E-state index contributed by atoms with van der Waals surface area (Å²) in [5, 5.41) is 9.36. The van der Waals surface area contributed by atoms with Gasteiger partial charge >= 0.3 is 6.18 Å². The second kappa shape index (κ2) is 4.83. The Hall–Kier alpha value is -1.43. The molecule has 0 aliphatic rings. The maximum Gasteiger partial charge on any atom is 0.416 e. The van der Waals surface area contributed by atoms with E-state index in [0.29, 0.717) is 0 Å². The van der Waals surface area contributed by atoms with Gasteiger partial charge in [-0.05, 0) is 24.6 Å². The van der Waals surface area contributed by atoms with Crippen molar-refractivity contribution in [2.24, 2.45) is 0 Å². The Balaban J connectivity index is 3.46. The summed E-state index contributed by atoms with van der Waals surface area (Å²) in [5.41, 5.74) is -1.17. The third-order valence-electron chi connectivity index (χ3n) is 2.31. The third kappa shape index (κ3) is 2.82. The zero-order chi connectivity index (χ0) is 13.2. The van der Waals surface area contributed by atoms with E-state index in [-0.39, 0.29) is 17.1 Å². The number of hydrogen-bond donors (Lipinski definition) is 1. The molecule has 0 radical (unpaired) electrons. The SMILES string of the molecule is COc1cc(C(C)O)c(C(F)(F)F)cc1OC. The molecule has 1 unspecified atom stereocenters. The Morgan fingerprint density at radius 3 is 1.94 bits per heavy atom. The fourth-order valence-corrected chi connectivity index (χ4v) is 1.49. The number of hydrogen-bond acceptors (Lipinski definition) is 3. The van der Waals surface area contributed by atoms with Crippen LogP contribution in [0.2, 0.25) is 0 Å². The first-order valence-corrected chi connectivity index (χ1v) is 4.82. The molecule has 6 heteroatoms. The lowest BCUT2D eigenvalue weighted by molar-refractivity contribution is -0.139. The first-order chi connectivity index (χ1) is 7.81. The highest BCUT2D eigenvalue weighted by atomic mass is 19.4. The van der Waals surface area contributed by atoms with Gasteiger partial charge < -0.3 is 14.6 Å². The predicted octanol–water partition coefficient (Wildman–Crippen LogP) is 2.78. The second-order valence-corrected chi connectivity index (χ2v) is 3.47. The molecule has 0 saturated heterocycles. The van der Waals surface area contributed by atoms with Crippen LogP contribution in [0.5, 0.6) is 11.5 Å². The van der Waals surface area contributed by atoms with Crippen LogP contribution < -0.4 is 9.47 Å². The molecule has 1 aromatic rings. The normalized spacial score (nSPS) is 13.4. The van der Waals surface area contributed by atoms with Crippen LogP contribution in [-0.4, -0.2) is 19.3 Å². The summed E-state index contributed by atoms with van der Waals surface area (Å²) in [5.74, 6) is 0.126. The lowest BCUT2D eigenvalue weighted by atomic mass is 10.0. The average Bonchev–Trinajstić information content (AvgIpc) is 2.25. The minimum atomic E-state index is -4.55. The number of ether oxygens (including phenoxy) is 2. The third-order valence-corrected chi connectivity index (χ3v) is 2.31. The van der Waals surface area contributed by atoms with Crippen LogP contribution in [-0.2, 0) is 6.18 Å². The molecule has 0 fully saturated rings. The van der Waals surface area contributed by atoms with Gasteiger partial charge in [-0.2, -0.15) is 13.2 Å². The Kier molecular flexibility index (Phi) is 3.87. The van der Waals surface area contributed by atoms with Crippen molar-refractivity contribution in [1.29, 1.82) is 0 Å². The van der Waals surface area contributed by atoms with Gasteiger partial charge in [0, 0.05) is 0 Å². The van der Waals surface area contributed by atoms with Crippen molar-refractivity contribution in [3.63, 3.8) is 0 Å². The molecule has 1 N–H and O–H groups in total. The highest BCUT2D eigenvalue weighted by Gasteiger charge is 2.35. The number of benzene rings is 1. The molecule has 3 nitrogen and oxygen atoms in total. The van der Waals surface area contributed by atoms with E-state index in [1.165, 1.54) is 21.1 Å². The van der Waals surface area contributed by atoms with E-state index in [9.17, 15) is 18.3 Å². The molecule has 1 rings (SSSR count). The number of aliphatic hydroxyl groups is 1. The molecule has 1 atom stereocenters. The van der Waals surface area contributed by atoms with Crippen molar-refractivity contribution < 1.29 is 27.8 Å². The summed E-state index contributed by atoms with van der Waals surface area (Å²) in [4.78, 5) is 0. The van der Waals surface area contributed by atoms with E-state index in [4.69, 9.17) is 9.47 Å². The highest BCUT2D eigenvalue weighted by Crippen LogP contribution is 2.41. The van der Waals surface area contributed by atoms with Gasteiger partial charge in [-0.15, -0.1) is 0 Å². The van der Waals surface area contributed by atoms with Crippen LogP contribution in [0.3, 0.4) is 0 Å². The number of halogens is 3. The van der Waals surface area contributed by atoms with Crippen molar-refractivity contribution in [1.82, 2.24) is 0 Å². The topological polar surface area (TPSA) is 38.7 Å². The van der Waals surface area contributed by atoms with Gasteiger partial charge in [-0.1, -0.05) is 0 Å². The van der Waals surface area contributed by atoms with Crippen molar-refractivity contribution in [2.45, 2.75) is 19.2 Å². The minimum absolute atomic E-state index is 0.0239. The molecular weight excluding hydrogens is 237 g/mol. The Bertz CT molecular complexity index is 400. The van der Waals surface area contributed by atoms with Gasteiger partial charge in [0.15, 0.2) is 11.5 Å².